The van der Waals surface area contributed by atoms with Crippen LogP contribution in [0, 0.1) is 0 Å². The van der Waals surface area contributed by atoms with Gasteiger partial charge < -0.3 is 9.55 Å². The molecule has 10 aromatic rings. The molecule has 0 spiro atoms. The molecule has 3 aromatic heterocycles. The number of rotatable bonds is 7. The maximum Gasteiger partial charge on any atom is 0.0737 e. The van der Waals surface area contributed by atoms with E-state index in [1.807, 2.05) is 0 Å². The number of benzene rings is 7. The number of aromatic amines is 1. The molecule has 2 aliphatic heterocycles. The summed E-state index contributed by atoms with van der Waals surface area (Å²) in [6.07, 6.45) is 8.44. The number of hydrogen-bond donors (Lipinski definition) is 1. The van der Waals surface area contributed by atoms with Gasteiger partial charge in [0.1, 0.15) is 0 Å². The third-order valence-electron chi connectivity index (χ3n) is 11.9. The number of H-pyrrole nitrogens is 1. The highest BCUT2D eigenvalue weighted by Crippen LogP contribution is 2.47. The maximum absolute atomic E-state index is 5.29. The second-order valence-corrected chi connectivity index (χ2v) is 18.5. The van der Waals surface area contributed by atoms with Crippen molar-refractivity contribution in [3.8, 4) is 39.1 Å². The largest absolute Gasteiger partial charge is 0.355 e. The van der Waals surface area contributed by atoms with Crippen molar-refractivity contribution in [1.29, 1.82) is 0 Å². The summed E-state index contributed by atoms with van der Waals surface area (Å²) in [7, 11) is -0.446. The van der Waals surface area contributed by atoms with Crippen LogP contribution in [0.25, 0.3) is 85.4 Å². The first kappa shape index (κ1) is 41.3. The van der Waals surface area contributed by atoms with Gasteiger partial charge in [0, 0.05) is 33.4 Å². The second-order valence-electron chi connectivity index (χ2n) is 16.3. The lowest BCUT2D eigenvalue weighted by molar-refractivity contribution is 1.17. The zero-order valence-corrected chi connectivity index (χ0v) is 37.6. The monoisotopic (exact) mass is 876 g/mol. The van der Waals surface area contributed by atoms with Crippen LogP contribution in [0.15, 0.2) is 243 Å². The first-order valence-corrected chi connectivity index (χ1v) is 23.9. The Morgan fingerprint density at radius 1 is 0.343 bits per heavy atom. The van der Waals surface area contributed by atoms with Crippen molar-refractivity contribution >= 4 is 70.2 Å². The first-order valence-electron chi connectivity index (χ1n) is 22.6. The van der Waals surface area contributed by atoms with Gasteiger partial charge in [-0.05, 0) is 107 Å². The SMILES string of the molecule is C1=Cc2cc3c(-c4ccccc4)c(-c4ccccc4)c(c(-c4ccccc4)c4nc(cc5ccc(cc1n2)[nH]5)C=C4)n3-c1ccccc1.c1ccc(P(c2ccccc2)c2ccccc2)cc1. The van der Waals surface area contributed by atoms with Gasteiger partial charge in [-0.1, -0.05) is 200 Å². The van der Waals surface area contributed by atoms with E-state index in [2.05, 4.69) is 277 Å². The predicted molar refractivity (Wildman–Crippen MR) is 285 cm³/mol. The summed E-state index contributed by atoms with van der Waals surface area (Å²) in [4.78, 5) is 13.9. The standard InChI is InChI=1S/C44H30N4.C18H15P/c1-5-13-30(14-6-1)41-39-26-25-36(47-39)28-35-22-21-33(45-35)27-34-23-24-37(46-34)29-40-42(31-15-7-2-8-16-31)43(32-17-9-3-10-18-32)44(41)48(40)38-19-11-4-12-20-38;1-4-10-16(11-5-1)19(17-12-6-2-7-13-17)18-14-8-3-9-15-18/h1-29,45H;1-15H. The molecule has 0 aliphatic carbocycles. The highest BCUT2D eigenvalue weighted by Gasteiger charge is 2.25. The molecule has 0 radical (unpaired) electrons. The molecule has 7 aromatic carbocycles. The Kier molecular flexibility index (Phi) is 11.7. The predicted octanol–water partition coefficient (Wildman–Crippen LogP) is 14.6. The average Bonchev–Trinajstić information content (AvgIpc) is 4.22. The Bertz CT molecular complexity index is 3440. The molecule has 0 fully saturated rings. The molecule has 12 rings (SSSR count). The first-order chi connectivity index (χ1) is 33.2. The quantitative estimate of drug-likeness (QED) is 0.162. The fraction of sp³-hybridized carbons (Fsp3) is 0. The summed E-state index contributed by atoms with van der Waals surface area (Å²) in [6, 6.07) is 85.7. The summed E-state index contributed by atoms with van der Waals surface area (Å²) >= 11 is 0. The van der Waals surface area contributed by atoms with Crippen LogP contribution in [0.4, 0.5) is 0 Å². The van der Waals surface area contributed by atoms with Crippen molar-refractivity contribution in [3.05, 3.63) is 265 Å². The van der Waals surface area contributed by atoms with E-state index in [0.717, 1.165) is 83.9 Å². The van der Waals surface area contributed by atoms with E-state index < -0.39 is 7.92 Å². The third kappa shape index (κ3) is 8.75. The number of nitrogens with one attached hydrogen (secondary N) is 1. The van der Waals surface area contributed by atoms with Crippen LogP contribution < -0.4 is 15.9 Å². The number of aromatic nitrogens is 4. The lowest BCUT2D eigenvalue weighted by Gasteiger charge is -2.18. The second kappa shape index (κ2) is 19.0. The molecular weight excluding hydrogens is 832 g/mol. The van der Waals surface area contributed by atoms with Crippen molar-refractivity contribution < 1.29 is 0 Å². The minimum absolute atomic E-state index is 0.446. The number of nitrogens with zero attached hydrogens (tertiary/aromatic N) is 3. The molecule has 67 heavy (non-hydrogen) atoms. The van der Waals surface area contributed by atoms with Gasteiger partial charge >= 0.3 is 0 Å². The molecule has 0 saturated heterocycles. The maximum atomic E-state index is 5.29. The lowest BCUT2D eigenvalue weighted by Crippen LogP contribution is -2.20. The average molecular weight is 877 g/mol. The topological polar surface area (TPSA) is 46.5 Å². The van der Waals surface area contributed by atoms with Gasteiger partial charge in [0.25, 0.3) is 0 Å². The fourth-order valence-corrected chi connectivity index (χ4v) is 11.3. The van der Waals surface area contributed by atoms with Crippen LogP contribution in [0.2, 0.25) is 0 Å². The highest BCUT2D eigenvalue weighted by atomic mass is 31.1. The Morgan fingerprint density at radius 3 is 1.22 bits per heavy atom. The van der Waals surface area contributed by atoms with Crippen LogP contribution in [-0.4, -0.2) is 19.5 Å². The van der Waals surface area contributed by atoms with Crippen molar-refractivity contribution in [1.82, 2.24) is 19.5 Å². The summed E-state index contributed by atoms with van der Waals surface area (Å²) in [5.74, 6) is 0. The Hall–Kier alpha value is -8.43. The van der Waals surface area contributed by atoms with Gasteiger partial charge in [-0.3, -0.25) is 0 Å². The van der Waals surface area contributed by atoms with Crippen LogP contribution in [-0.2, 0) is 0 Å². The molecule has 1 N–H and O–H groups in total. The zero-order chi connectivity index (χ0) is 44.8. The van der Waals surface area contributed by atoms with Crippen LogP contribution in [0.1, 0.15) is 22.8 Å². The van der Waals surface area contributed by atoms with Crippen LogP contribution >= 0.6 is 7.92 Å². The van der Waals surface area contributed by atoms with Crippen LogP contribution in [0.3, 0.4) is 0 Å². The van der Waals surface area contributed by atoms with E-state index in [9.17, 15) is 0 Å². The number of para-hydroxylation sites is 1. The summed E-state index contributed by atoms with van der Waals surface area (Å²) < 4.78 is 2.41. The zero-order valence-electron chi connectivity index (χ0n) is 36.7. The Balaban J connectivity index is 0.000000217. The van der Waals surface area contributed by atoms with Gasteiger partial charge in [0.15, 0.2) is 0 Å². The lowest BCUT2D eigenvalue weighted by atomic mass is 9.93. The van der Waals surface area contributed by atoms with E-state index >= 15 is 0 Å². The minimum Gasteiger partial charge on any atom is -0.355 e. The third-order valence-corrected chi connectivity index (χ3v) is 14.4. The van der Waals surface area contributed by atoms with Gasteiger partial charge in [-0.15, -0.1) is 0 Å². The van der Waals surface area contributed by atoms with E-state index in [1.165, 1.54) is 15.9 Å². The van der Waals surface area contributed by atoms with Crippen molar-refractivity contribution in [3.63, 3.8) is 0 Å². The summed E-state index contributed by atoms with van der Waals surface area (Å²) in [5, 5.41) is 4.19. The molecule has 318 valence electrons. The van der Waals surface area contributed by atoms with Crippen molar-refractivity contribution in [2.24, 2.45) is 0 Å². The van der Waals surface area contributed by atoms with E-state index in [4.69, 9.17) is 9.97 Å². The minimum atomic E-state index is -0.446. The molecule has 8 bridgehead atoms. The van der Waals surface area contributed by atoms with Crippen molar-refractivity contribution in [2.75, 3.05) is 0 Å². The molecule has 0 saturated carbocycles. The van der Waals surface area contributed by atoms with Crippen LogP contribution in [0.5, 0.6) is 0 Å². The number of fused-ring (bicyclic) bond motifs is 8. The van der Waals surface area contributed by atoms with Gasteiger partial charge in [-0.2, -0.15) is 0 Å². The molecule has 2 aliphatic rings. The Labute approximate surface area is 392 Å². The summed E-state index contributed by atoms with van der Waals surface area (Å²) in [6.45, 7) is 0. The molecule has 0 unspecified atom stereocenters. The molecule has 5 heterocycles. The van der Waals surface area contributed by atoms with E-state index in [1.54, 1.807) is 0 Å². The van der Waals surface area contributed by atoms with Gasteiger partial charge in [-0.25, -0.2) is 9.97 Å². The Morgan fingerprint density at radius 2 is 0.731 bits per heavy atom. The number of hydrogen-bond acceptors (Lipinski definition) is 2. The summed E-state index contributed by atoms with van der Waals surface area (Å²) in [5.41, 5.74) is 15.4. The van der Waals surface area contributed by atoms with E-state index in [0.29, 0.717) is 0 Å². The molecule has 4 nitrogen and oxygen atoms in total. The molecule has 0 amide bonds. The molecular formula is C62H45N4P. The normalized spacial score (nSPS) is 11.6. The van der Waals surface area contributed by atoms with Gasteiger partial charge in [0.2, 0.25) is 0 Å². The van der Waals surface area contributed by atoms with Gasteiger partial charge in [0.05, 0.1) is 33.8 Å². The van der Waals surface area contributed by atoms with E-state index in [-0.39, 0.29) is 0 Å². The smallest absolute Gasteiger partial charge is 0.0737 e. The highest BCUT2D eigenvalue weighted by molar-refractivity contribution is 7.79. The fourth-order valence-electron chi connectivity index (χ4n) is 8.99. The van der Waals surface area contributed by atoms with Crippen molar-refractivity contribution in [2.45, 2.75) is 0 Å². The molecule has 5 heteroatoms. The molecule has 0 atom stereocenters.